The van der Waals surface area contributed by atoms with Gasteiger partial charge in [-0.2, -0.15) is 0 Å². The zero-order chi connectivity index (χ0) is 15.4. The van der Waals surface area contributed by atoms with Gasteiger partial charge in [0.1, 0.15) is 5.82 Å². The number of hydrogen-bond donors (Lipinski definition) is 1. The van der Waals surface area contributed by atoms with Gasteiger partial charge in [0.25, 0.3) is 0 Å². The van der Waals surface area contributed by atoms with Gasteiger partial charge in [0.2, 0.25) is 5.91 Å². The van der Waals surface area contributed by atoms with Gasteiger partial charge in [-0.15, -0.1) is 0 Å². The molecule has 1 aliphatic rings. The summed E-state index contributed by atoms with van der Waals surface area (Å²) in [7, 11) is 0. The lowest BCUT2D eigenvalue weighted by Crippen LogP contribution is -2.28. The summed E-state index contributed by atoms with van der Waals surface area (Å²) < 4.78 is 2.31. The van der Waals surface area contributed by atoms with E-state index in [4.69, 9.17) is 0 Å². The second kappa shape index (κ2) is 6.77. The lowest BCUT2D eigenvalue weighted by atomic mass is 10.1. The predicted octanol–water partition coefficient (Wildman–Crippen LogP) is 2.50. The maximum atomic E-state index is 11.9. The zero-order valence-corrected chi connectivity index (χ0v) is 13.1. The molecule has 1 aliphatic carbocycles. The minimum atomic E-state index is 0.0724. The first-order valence-corrected chi connectivity index (χ1v) is 8.04. The fraction of sp³-hybridized carbons (Fsp3) is 0.444. The number of aromatic nitrogens is 2. The first kappa shape index (κ1) is 14.8. The second-order valence-corrected chi connectivity index (χ2v) is 6.13. The minimum Gasteiger partial charge on any atom is -0.355 e. The zero-order valence-electron chi connectivity index (χ0n) is 13.1. The van der Waals surface area contributed by atoms with Crippen LogP contribution >= 0.6 is 0 Å². The molecule has 116 valence electrons. The maximum absolute atomic E-state index is 11.9. The van der Waals surface area contributed by atoms with Crippen molar-refractivity contribution in [2.24, 2.45) is 5.92 Å². The number of nitrogens with zero attached hydrogens (tertiary/aromatic N) is 2. The molecule has 0 unspecified atom stereocenters. The molecule has 1 aromatic carbocycles. The highest BCUT2D eigenvalue weighted by Crippen LogP contribution is 2.31. The third-order valence-electron chi connectivity index (χ3n) is 4.15. The first-order valence-electron chi connectivity index (χ1n) is 8.04. The Bertz CT molecular complexity index is 629. The average Bonchev–Trinajstić information content (AvgIpc) is 3.27. The van der Waals surface area contributed by atoms with Gasteiger partial charge in [0.15, 0.2) is 0 Å². The van der Waals surface area contributed by atoms with Gasteiger partial charge in [-0.3, -0.25) is 4.79 Å². The SMILES string of the molecule is Cc1cnc(CCNC(=O)Cc2ccccc2)n1CC1CC1. The van der Waals surface area contributed by atoms with Crippen molar-refractivity contribution in [1.29, 1.82) is 0 Å². The molecule has 0 atom stereocenters. The number of hydrogen-bond acceptors (Lipinski definition) is 2. The third kappa shape index (κ3) is 3.97. The molecule has 0 spiro atoms. The van der Waals surface area contributed by atoms with Crippen molar-refractivity contribution in [3.8, 4) is 0 Å². The molecular formula is C18H23N3O. The molecule has 22 heavy (non-hydrogen) atoms. The van der Waals surface area contributed by atoms with Gasteiger partial charge < -0.3 is 9.88 Å². The van der Waals surface area contributed by atoms with Crippen molar-refractivity contribution >= 4 is 5.91 Å². The Balaban J connectivity index is 1.47. The molecule has 0 bridgehead atoms. The van der Waals surface area contributed by atoms with Crippen molar-refractivity contribution in [3.63, 3.8) is 0 Å². The monoisotopic (exact) mass is 297 g/mol. The van der Waals surface area contributed by atoms with E-state index in [1.165, 1.54) is 18.5 Å². The van der Waals surface area contributed by atoms with Crippen LogP contribution in [0.4, 0.5) is 0 Å². The number of carbonyl (C=O) groups excluding carboxylic acids is 1. The Morgan fingerprint density at radius 3 is 2.82 bits per heavy atom. The summed E-state index contributed by atoms with van der Waals surface area (Å²) in [4.78, 5) is 16.4. The molecule has 1 fully saturated rings. The highest BCUT2D eigenvalue weighted by atomic mass is 16.1. The van der Waals surface area contributed by atoms with Crippen molar-refractivity contribution in [1.82, 2.24) is 14.9 Å². The van der Waals surface area contributed by atoms with Crippen LogP contribution in [0.2, 0.25) is 0 Å². The molecule has 1 aromatic heterocycles. The van der Waals surface area contributed by atoms with E-state index in [9.17, 15) is 4.79 Å². The van der Waals surface area contributed by atoms with Crippen LogP contribution in [0.1, 0.15) is 29.9 Å². The van der Waals surface area contributed by atoms with Crippen LogP contribution in [0.5, 0.6) is 0 Å². The predicted molar refractivity (Wildman–Crippen MR) is 86.5 cm³/mol. The lowest BCUT2D eigenvalue weighted by Gasteiger charge is -2.10. The molecule has 4 nitrogen and oxygen atoms in total. The van der Waals surface area contributed by atoms with Crippen LogP contribution in [0.3, 0.4) is 0 Å². The van der Waals surface area contributed by atoms with Crippen molar-refractivity contribution in [3.05, 3.63) is 53.6 Å². The molecule has 0 aliphatic heterocycles. The van der Waals surface area contributed by atoms with Crippen LogP contribution in [0, 0.1) is 12.8 Å². The van der Waals surface area contributed by atoms with E-state index in [-0.39, 0.29) is 5.91 Å². The Kier molecular flexibility index (Phi) is 4.56. The van der Waals surface area contributed by atoms with Crippen molar-refractivity contribution in [2.75, 3.05) is 6.54 Å². The van der Waals surface area contributed by atoms with Crippen molar-refractivity contribution in [2.45, 2.75) is 39.2 Å². The molecule has 2 aromatic rings. The van der Waals surface area contributed by atoms with E-state index < -0.39 is 0 Å². The minimum absolute atomic E-state index is 0.0724. The van der Waals surface area contributed by atoms with E-state index in [0.29, 0.717) is 13.0 Å². The van der Waals surface area contributed by atoms with E-state index in [1.807, 2.05) is 36.5 Å². The highest BCUT2D eigenvalue weighted by molar-refractivity contribution is 5.78. The summed E-state index contributed by atoms with van der Waals surface area (Å²) in [5.41, 5.74) is 2.27. The smallest absolute Gasteiger partial charge is 0.224 e. The summed E-state index contributed by atoms with van der Waals surface area (Å²) in [5, 5.41) is 2.99. The van der Waals surface area contributed by atoms with Crippen LogP contribution in [-0.4, -0.2) is 22.0 Å². The highest BCUT2D eigenvalue weighted by Gasteiger charge is 2.23. The van der Waals surface area contributed by atoms with Gasteiger partial charge >= 0.3 is 0 Å². The summed E-state index contributed by atoms with van der Waals surface area (Å²) in [5.74, 6) is 1.99. The molecule has 1 N–H and O–H groups in total. The molecule has 1 amide bonds. The number of rotatable bonds is 7. The Labute approximate surface area is 131 Å². The largest absolute Gasteiger partial charge is 0.355 e. The fourth-order valence-corrected chi connectivity index (χ4v) is 2.68. The third-order valence-corrected chi connectivity index (χ3v) is 4.15. The van der Waals surface area contributed by atoms with Gasteiger partial charge in [-0.1, -0.05) is 30.3 Å². The van der Waals surface area contributed by atoms with Crippen LogP contribution in [0.25, 0.3) is 0 Å². The Hall–Kier alpha value is -2.10. The standard InChI is InChI=1S/C18H23N3O/c1-14-12-20-17(21(14)13-16-7-8-16)9-10-19-18(22)11-15-5-3-2-4-6-15/h2-6,12,16H,7-11,13H2,1H3,(H,19,22). The number of imidazole rings is 1. The molecular weight excluding hydrogens is 274 g/mol. The Morgan fingerprint density at radius 2 is 2.09 bits per heavy atom. The van der Waals surface area contributed by atoms with E-state index in [2.05, 4.69) is 21.8 Å². The van der Waals surface area contributed by atoms with Gasteiger partial charge in [0.05, 0.1) is 6.42 Å². The average molecular weight is 297 g/mol. The van der Waals surface area contributed by atoms with Crippen LogP contribution in [0.15, 0.2) is 36.5 Å². The summed E-state index contributed by atoms with van der Waals surface area (Å²) in [6, 6.07) is 9.83. The van der Waals surface area contributed by atoms with E-state index >= 15 is 0 Å². The van der Waals surface area contributed by atoms with E-state index in [0.717, 1.165) is 30.3 Å². The second-order valence-electron chi connectivity index (χ2n) is 6.13. The Morgan fingerprint density at radius 1 is 1.32 bits per heavy atom. The first-order chi connectivity index (χ1) is 10.7. The number of benzene rings is 1. The summed E-state index contributed by atoms with van der Waals surface area (Å²) in [6.45, 7) is 3.83. The van der Waals surface area contributed by atoms with Crippen molar-refractivity contribution < 1.29 is 4.79 Å². The number of amides is 1. The van der Waals surface area contributed by atoms with Gasteiger partial charge in [-0.25, -0.2) is 4.98 Å². The van der Waals surface area contributed by atoms with Crippen LogP contribution < -0.4 is 5.32 Å². The normalized spacial score (nSPS) is 14.0. The molecule has 1 heterocycles. The number of carbonyl (C=O) groups is 1. The number of aryl methyl sites for hydroxylation is 1. The van der Waals surface area contributed by atoms with E-state index in [1.54, 1.807) is 0 Å². The summed E-state index contributed by atoms with van der Waals surface area (Å²) in [6.07, 6.45) is 5.84. The number of nitrogens with one attached hydrogen (secondary N) is 1. The van der Waals surface area contributed by atoms with Gasteiger partial charge in [-0.05, 0) is 31.2 Å². The summed E-state index contributed by atoms with van der Waals surface area (Å²) >= 11 is 0. The quantitative estimate of drug-likeness (QED) is 0.853. The fourth-order valence-electron chi connectivity index (χ4n) is 2.68. The molecule has 0 radical (unpaired) electrons. The lowest BCUT2D eigenvalue weighted by molar-refractivity contribution is -0.120. The maximum Gasteiger partial charge on any atom is 0.224 e. The molecule has 3 rings (SSSR count). The van der Waals surface area contributed by atoms with Crippen LogP contribution in [-0.2, 0) is 24.2 Å². The molecule has 4 heteroatoms. The van der Waals surface area contributed by atoms with Gasteiger partial charge in [0, 0.05) is 31.4 Å². The molecule has 1 saturated carbocycles. The topological polar surface area (TPSA) is 46.9 Å². The molecule has 0 saturated heterocycles.